The highest BCUT2D eigenvalue weighted by Gasteiger charge is 2.28. The van der Waals surface area contributed by atoms with Crippen molar-refractivity contribution in [2.45, 2.75) is 31.8 Å². The number of nitrogens with zero attached hydrogens (tertiary/aromatic N) is 2. The molecule has 0 radical (unpaired) electrons. The van der Waals surface area contributed by atoms with Crippen LogP contribution >= 0.6 is 12.4 Å². The van der Waals surface area contributed by atoms with Crippen LogP contribution in [0.3, 0.4) is 0 Å². The van der Waals surface area contributed by atoms with E-state index in [1.807, 2.05) is 12.1 Å². The Hall–Kier alpha value is -1.30. The maximum Gasteiger partial charge on any atom is 0.239 e. The van der Waals surface area contributed by atoms with Crippen LogP contribution in [0.2, 0.25) is 0 Å². The van der Waals surface area contributed by atoms with Crippen LogP contribution in [0.25, 0.3) is 0 Å². The summed E-state index contributed by atoms with van der Waals surface area (Å²) in [6, 6.07) is 8.32. The van der Waals surface area contributed by atoms with Crippen molar-refractivity contribution in [2.24, 2.45) is 0 Å². The first-order chi connectivity index (χ1) is 11.3. The third kappa shape index (κ3) is 4.85. The number of amides is 1. The molecule has 3 rings (SSSR count). The summed E-state index contributed by atoms with van der Waals surface area (Å²) in [7, 11) is 1.69. The zero-order valence-corrected chi connectivity index (χ0v) is 15.2. The van der Waals surface area contributed by atoms with Gasteiger partial charge < -0.3 is 15.0 Å². The number of benzene rings is 1. The number of rotatable bonds is 4. The van der Waals surface area contributed by atoms with Crippen LogP contribution in [0.4, 0.5) is 0 Å². The molecule has 1 aromatic carbocycles. The van der Waals surface area contributed by atoms with Crippen LogP contribution in [0.1, 0.15) is 24.8 Å². The first-order valence-electron chi connectivity index (χ1n) is 8.64. The van der Waals surface area contributed by atoms with Crippen LogP contribution in [-0.2, 0) is 11.3 Å². The molecule has 2 heterocycles. The van der Waals surface area contributed by atoms with Crippen molar-refractivity contribution < 1.29 is 9.53 Å². The summed E-state index contributed by atoms with van der Waals surface area (Å²) in [6.45, 7) is 5.64. The standard InChI is InChI=1S/C18H27N3O2.ClH/c1-23-16-7-5-15(6-8-16)14-20-10-3-11-21(13-12-20)18(22)17-4-2-9-19-17;/h5-8,17,19H,2-4,9-14H2,1H3;1H. The minimum Gasteiger partial charge on any atom is -0.497 e. The SMILES string of the molecule is COc1ccc(CN2CCCN(C(=O)C3CCCN3)CC2)cc1.Cl. The summed E-state index contributed by atoms with van der Waals surface area (Å²) in [4.78, 5) is 17.0. The van der Waals surface area contributed by atoms with Gasteiger partial charge in [-0.25, -0.2) is 0 Å². The Kier molecular flexibility index (Phi) is 7.34. The predicted octanol–water partition coefficient (Wildman–Crippen LogP) is 1.90. The fraction of sp³-hybridized carbons (Fsp3) is 0.611. The maximum atomic E-state index is 12.5. The molecule has 0 bridgehead atoms. The predicted molar refractivity (Wildman–Crippen MR) is 97.7 cm³/mol. The molecular formula is C18H28ClN3O2. The van der Waals surface area contributed by atoms with Gasteiger partial charge in [-0.05, 0) is 43.5 Å². The van der Waals surface area contributed by atoms with E-state index in [1.165, 1.54) is 5.56 Å². The largest absolute Gasteiger partial charge is 0.497 e. The van der Waals surface area contributed by atoms with Crippen LogP contribution in [-0.4, -0.2) is 61.6 Å². The monoisotopic (exact) mass is 353 g/mol. The fourth-order valence-electron chi connectivity index (χ4n) is 3.45. The van der Waals surface area contributed by atoms with Gasteiger partial charge in [0.1, 0.15) is 5.75 Å². The summed E-state index contributed by atoms with van der Waals surface area (Å²) in [5.74, 6) is 1.19. The lowest BCUT2D eigenvalue weighted by Gasteiger charge is -2.24. The van der Waals surface area contributed by atoms with Gasteiger partial charge in [-0.2, -0.15) is 0 Å². The second kappa shape index (κ2) is 9.25. The minimum atomic E-state index is 0. The van der Waals surface area contributed by atoms with Gasteiger partial charge in [0.2, 0.25) is 5.91 Å². The van der Waals surface area contributed by atoms with Gasteiger partial charge in [0, 0.05) is 32.7 Å². The molecule has 24 heavy (non-hydrogen) atoms. The number of carbonyl (C=O) groups is 1. The number of halogens is 1. The van der Waals surface area contributed by atoms with E-state index in [1.54, 1.807) is 7.11 Å². The maximum absolute atomic E-state index is 12.5. The lowest BCUT2D eigenvalue weighted by atomic mass is 10.2. The van der Waals surface area contributed by atoms with Crippen molar-refractivity contribution in [1.82, 2.24) is 15.1 Å². The Morgan fingerprint density at radius 1 is 1.17 bits per heavy atom. The van der Waals surface area contributed by atoms with Gasteiger partial charge in [-0.1, -0.05) is 12.1 Å². The molecule has 0 aromatic heterocycles. The Morgan fingerprint density at radius 2 is 1.96 bits per heavy atom. The first kappa shape index (κ1) is 19.0. The molecule has 6 heteroatoms. The summed E-state index contributed by atoms with van der Waals surface area (Å²) in [6.07, 6.45) is 3.16. The van der Waals surface area contributed by atoms with Crippen LogP contribution in [0.15, 0.2) is 24.3 Å². The summed E-state index contributed by atoms with van der Waals surface area (Å²) in [5, 5.41) is 3.32. The van der Waals surface area contributed by atoms with Crippen LogP contribution < -0.4 is 10.1 Å². The van der Waals surface area contributed by atoms with E-state index in [-0.39, 0.29) is 18.4 Å². The van der Waals surface area contributed by atoms with Crippen molar-refractivity contribution in [3.8, 4) is 5.75 Å². The van der Waals surface area contributed by atoms with Crippen molar-refractivity contribution in [1.29, 1.82) is 0 Å². The second-order valence-electron chi connectivity index (χ2n) is 6.45. The molecule has 1 aromatic rings. The Balaban J connectivity index is 0.00000208. The molecule has 1 unspecified atom stereocenters. The zero-order valence-electron chi connectivity index (χ0n) is 14.4. The molecule has 2 saturated heterocycles. The number of ether oxygens (including phenoxy) is 1. The summed E-state index contributed by atoms with van der Waals surface area (Å²) >= 11 is 0. The highest BCUT2D eigenvalue weighted by Crippen LogP contribution is 2.15. The zero-order chi connectivity index (χ0) is 16.1. The van der Waals surface area contributed by atoms with E-state index < -0.39 is 0 Å². The molecule has 2 aliphatic heterocycles. The quantitative estimate of drug-likeness (QED) is 0.898. The summed E-state index contributed by atoms with van der Waals surface area (Å²) < 4.78 is 5.20. The van der Waals surface area contributed by atoms with Gasteiger partial charge in [0.25, 0.3) is 0 Å². The molecule has 5 nitrogen and oxygen atoms in total. The number of hydrogen-bond donors (Lipinski definition) is 1. The Morgan fingerprint density at radius 3 is 2.62 bits per heavy atom. The molecule has 1 N–H and O–H groups in total. The number of carbonyl (C=O) groups excluding carboxylic acids is 1. The average molecular weight is 354 g/mol. The second-order valence-corrected chi connectivity index (χ2v) is 6.45. The smallest absolute Gasteiger partial charge is 0.239 e. The van der Waals surface area contributed by atoms with E-state index in [9.17, 15) is 4.79 Å². The van der Waals surface area contributed by atoms with Gasteiger partial charge in [0.05, 0.1) is 13.2 Å². The van der Waals surface area contributed by atoms with E-state index in [0.29, 0.717) is 5.91 Å². The van der Waals surface area contributed by atoms with Gasteiger partial charge in [0.15, 0.2) is 0 Å². The number of nitrogens with one attached hydrogen (secondary N) is 1. The van der Waals surface area contributed by atoms with Gasteiger partial charge in [-0.15, -0.1) is 12.4 Å². The third-order valence-electron chi connectivity index (χ3n) is 4.82. The Labute approximate surface area is 150 Å². The summed E-state index contributed by atoms with van der Waals surface area (Å²) in [5.41, 5.74) is 1.29. The van der Waals surface area contributed by atoms with Crippen molar-refractivity contribution in [3.63, 3.8) is 0 Å². The highest BCUT2D eigenvalue weighted by molar-refractivity contribution is 5.85. The lowest BCUT2D eigenvalue weighted by Crippen LogP contribution is -2.45. The fourth-order valence-corrected chi connectivity index (χ4v) is 3.45. The van der Waals surface area contributed by atoms with E-state index in [4.69, 9.17) is 4.74 Å². The first-order valence-corrected chi connectivity index (χ1v) is 8.64. The number of hydrogen-bond acceptors (Lipinski definition) is 4. The van der Waals surface area contributed by atoms with Crippen molar-refractivity contribution >= 4 is 18.3 Å². The molecule has 2 aliphatic rings. The molecule has 2 fully saturated rings. The minimum absolute atomic E-state index is 0. The Bertz CT molecular complexity index is 518. The van der Waals surface area contributed by atoms with Crippen molar-refractivity contribution in [3.05, 3.63) is 29.8 Å². The van der Waals surface area contributed by atoms with Gasteiger partial charge >= 0.3 is 0 Å². The third-order valence-corrected chi connectivity index (χ3v) is 4.82. The number of methoxy groups -OCH3 is 1. The molecule has 1 atom stereocenters. The molecule has 134 valence electrons. The molecule has 1 amide bonds. The lowest BCUT2D eigenvalue weighted by molar-refractivity contribution is -0.132. The highest BCUT2D eigenvalue weighted by atomic mass is 35.5. The normalized spacial score (nSPS) is 21.9. The van der Waals surface area contributed by atoms with E-state index in [2.05, 4.69) is 27.2 Å². The molecule has 0 saturated carbocycles. The topological polar surface area (TPSA) is 44.8 Å². The average Bonchev–Trinajstić information content (AvgIpc) is 3.02. The molecule has 0 spiro atoms. The van der Waals surface area contributed by atoms with E-state index >= 15 is 0 Å². The van der Waals surface area contributed by atoms with Gasteiger partial charge in [-0.3, -0.25) is 9.69 Å². The van der Waals surface area contributed by atoms with Crippen LogP contribution in [0.5, 0.6) is 5.75 Å². The van der Waals surface area contributed by atoms with E-state index in [0.717, 1.165) is 64.3 Å². The van der Waals surface area contributed by atoms with Crippen LogP contribution in [0, 0.1) is 0 Å². The molecule has 0 aliphatic carbocycles. The molecular weight excluding hydrogens is 326 g/mol. The van der Waals surface area contributed by atoms with Crippen molar-refractivity contribution in [2.75, 3.05) is 39.8 Å².